The summed E-state index contributed by atoms with van der Waals surface area (Å²) < 4.78 is 1.86. The summed E-state index contributed by atoms with van der Waals surface area (Å²) in [6.07, 6.45) is 0. The summed E-state index contributed by atoms with van der Waals surface area (Å²) in [6, 6.07) is 14.8. The van der Waals surface area contributed by atoms with Crippen LogP contribution in [0.1, 0.15) is 11.6 Å². The number of para-hydroxylation sites is 1. The maximum absolute atomic E-state index is 9.31. The van der Waals surface area contributed by atoms with E-state index in [4.69, 9.17) is 11.6 Å². The third-order valence-electron chi connectivity index (χ3n) is 2.58. The molecule has 2 aromatic carbocycles. The second-order valence-corrected chi connectivity index (χ2v) is 5.98. The molecular formula is C14H9Br2ClN2. The maximum Gasteiger partial charge on any atom is 0.140 e. The largest absolute Gasteiger partial charge is 0.365 e. The molecule has 2 nitrogen and oxygen atoms in total. The van der Waals surface area contributed by atoms with Gasteiger partial charge < -0.3 is 5.32 Å². The second kappa shape index (κ2) is 6.42. The van der Waals surface area contributed by atoms with Gasteiger partial charge in [-0.15, -0.1) is 0 Å². The first-order chi connectivity index (χ1) is 9.11. The maximum atomic E-state index is 9.31. The number of anilines is 1. The number of hydrogen-bond donors (Lipinski definition) is 1. The summed E-state index contributed by atoms with van der Waals surface area (Å²) in [4.78, 5) is 0. The first kappa shape index (κ1) is 14.4. The van der Waals surface area contributed by atoms with E-state index in [1.165, 1.54) is 0 Å². The molecule has 2 rings (SSSR count). The number of halogens is 3. The van der Waals surface area contributed by atoms with Crippen molar-refractivity contribution < 1.29 is 0 Å². The quantitative estimate of drug-likeness (QED) is 0.734. The molecular weight excluding hydrogens is 391 g/mol. The third kappa shape index (κ3) is 3.50. The van der Waals surface area contributed by atoms with Crippen LogP contribution in [-0.4, -0.2) is 0 Å². The third-order valence-corrected chi connectivity index (χ3v) is 4.79. The molecule has 0 bridgehead atoms. The van der Waals surface area contributed by atoms with Crippen LogP contribution in [0.2, 0.25) is 5.02 Å². The Labute approximate surface area is 133 Å². The minimum Gasteiger partial charge on any atom is -0.365 e. The topological polar surface area (TPSA) is 35.8 Å². The van der Waals surface area contributed by atoms with E-state index in [0.717, 1.165) is 20.2 Å². The Morgan fingerprint density at radius 2 is 1.84 bits per heavy atom. The highest BCUT2D eigenvalue weighted by Crippen LogP contribution is 2.29. The predicted octanol–water partition coefficient (Wildman–Crippen LogP) is 5.54. The fourth-order valence-electron chi connectivity index (χ4n) is 1.62. The monoisotopic (exact) mass is 398 g/mol. The molecule has 0 radical (unpaired) electrons. The average molecular weight is 401 g/mol. The highest BCUT2D eigenvalue weighted by Gasteiger charge is 2.12. The molecule has 0 aromatic heterocycles. The van der Waals surface area contributed by atoms with Gasteiger partial charge >= 0.3 is 0 Å². The lowest BCUT2D eigenvalue weighted by molar-refractivity contribution is 0.995. The van der Waals surface area contributed by atoms with E-state index in [1.807, 2.05) is 36.4 Å². The molecule has 1 atom stereocenters. The van der Waals surface area contributed by atoms with E-state index in [0.29, 0.717) is 5.02 Å². The molecule has 1 N–H and O–H groups in total. The van der Waals surface area contributed by atoms with Crippen molar-refractivity contribution in [2.24, 2.45) is 0 Å². The van der Waals surface area contributed by atoms with E-state index in [-0.39, 0.29) is 0 Å². The normalized spacial score (nSPS) is 11.7. The van der Waals surface area contributed by atoms with Gasteiger partial charge in [-0.05, 0) is 61.7 Å². The highest BCUT2D eigenvalue weighted by atomic mass is 79.9. The zero-order valence-electron chi connectivity index (χ0n) is 9.70. The highest BCUT2D eigenvalue weighted by molar-refractivity contribution is 9.13. The van der Waals surface area contributed by atoms with E-state index in [9.17, 15) is 5.26 Å². The smallest absolute Gasteiger partial charge is 0.140 e. The van der Waals surface area contributed by atoms with Gasteiger partial charge in [0.05, 0.1) is 16.8 Å². The predicted molar refractivity (Wildman–Crippen MR) is 85.3 cm³/mol. The number of benzene rings is 2. The molecule has 2 aromatic rings. The Morgan fingerprint density at radius 1 is 1.11 bits per heavy atom. The molecule has 0 spiro atoms. The second-order valence-electron chi connectivity index (χ2n) is 3.86. The van der Waals surface area contributed by atoms with Crippen LogP contribution in [-0.2, 0) is 0 Å². The Morgan fingerprint density at radius 3 is 2.47 bits per heavy atom. The lowest BCUT2D eigenvalue weighted by Crippen LogP contribution is -2.08. The SMILES string of the molecule is N#CC(Nc1ccccc1Cl)c1ccc(Br)c(Br)c1. The van der Waals surface area contributed by atoms with Crippen LogP contribution in [0.25, 0.3) is 0 Å². The van der Waals surface area contributed by atoms with Crippen molar-refractivity contribution in [3.05, 3.63) is 62.0 Å². The molecule has 19 heavy (non-hydrogen) atoms. The fourth-order valence-corrected chi connectivity index (χ4v) is 2.45. The van der Waals surface area contributed by atoms with Crippen molar-refractivity contribution in [3.8, 4) is 6.07 Å². The van der Waals surface area contributed by atoms with Crippen molar-refractivity contribution in [1.82, 2.24) is 0 Å². The van der Waals surface area contributed by atoms with Gasteiger partial charge in [-0.1, -0.05) is 29.8 Å². The van der Waals surface area contributed by atoms with Crippen LogP contribution in [0.5, 0.6) is 0 Å². The average Bonchev–Trinajstić information content (AvgIpc) is 2.41. The van der Waals surface area contributed by atoms with E-state index in [2.05, 4.69) is 43.2 Å². The Bertz CT molecular complexity index is 638. The van der Waals surface area contributed by atoms with Gasteiger partial charge in [0.25, 0.3) is 0 Å². The zero-order valence-corrected chi connectivity index (χ0v) is 13.6. The fraction of sp³-hybridized carbons (Fsp3) is 0.0714. The van der Waals surface area contributed by atoms with E-state index in [1.54, 1.807) is 6.07 Å². The minimum absolute atomic E-state index is 0.454. The van der Waals surface area contributed by atoms with Crippen molar-refractivity contribution in [2.75, 3.05) is 5.32 Å². The zero-order chi connectivity index (χ0) is 13.8. The molecule has 0 saturated carbocycles. The van der Waals surface area contributed by atoms with Gasteiger partial charge in [0, 0.05) is 8.95 Å². The summed E-state index contributed by atoms with van der Waals surface area (Å²) in [6.45, 7) is 0. The van der Waals surface area contributed by atoms with Crippen LogP contribution in [0, 0.1) is 11.3 Å². The van der Waals surface area contributed by atoms with Gasteiger partial charge in [0.1, 0.15) is 6.04 Å². The van der Waals surface area contributed by atoms with Gasteiger partial charge in [0.15, 0.2) is 0 Å². The van der Waals surface area contributed by atoms with E-state index >= 15 is 0 Å². The Balaban J connectivity index is 2.28. The van der Waals surface area contributed by atoms with Crippen molar-refractivity contribution in [2.45, 2.75) is 6.04 Å². The van der Waals surface area contributed by atoms with Gasteiger partial charge in [-0.25, -0.2) is 0 Å². The Kier molecular flexibility index (Phi) is 4.87. The number of rotatable bonds is 3. The summed E-state index contributed by atoms with van der Waals surface area (Å²) in [5, 5.41) is 13.0. The standard InChI is InChI=1S/C14H9Br2ClN2/c15-10-6-5-9(7-11(10)16)14(8-18)19-13-4-2-1-3-12(13)17/h1-7,14,19H. The number of nitrogens with one attached hydrogen (secondary N) is 1. The molecule has 5 heteroatoms. The number of hydrogen-bond acceptors (Lipinski definition) is 2. The molecule has 0 aliphatic rings. The summed E-state index contributed by atoms with van der Waals surface area (Å²) >= 11 is 12.9. The first-order valence-corrected chi connectivity index (χ1v) is 7.44. The summed E-state index contributed by atoms with van der Waals surface area (Å²) in [5.74, 6) is 0. The van der Waals surface area contributed by atoms with Gasteiger partial charge in [0.2, 0.25) is 0 Å². The van der Waals surface area contributed by atoms with Crippen LogP contribution in [0.15, 0.2) is 51.4 Å². The van der Waals surface area contributed by atoms with Crippen LogP contribution >= 0.6 is 43.5 Å². The van der Waals surface area contributed by atoms with Crippen molar-refractivity contribution in [1.29, 1.82) is 5.26 Å². The lowest BCUT2D eigenvalue weighted by atomic mass is 10.1. The van der Waals surface area contributed by atoms with E-state index < -0.39 is 6.04 Å². The molecule has 0 aliphatic heterocycles. The van der Waals surface area contributed by atoms with Crippen molar-refractivity contribution in [3.63, 3.8) is 0 Å². The molecule has 1 unspecified atom stereocenters. The molecule has 0 heterocycles. The van der Waals surface area contributed by atoms with Crippen LogP contribution in [0.4, 0.5) is 5.69 Å². The van der Waals surface area contributed by atoms with Gasteiger partial charge in [-0.2, -0.15) is 5.26 Å². The molecule has 0 aliphatic carbocycles. The minimum atomic E-state index is -0.454. The number of nitrogens with zero attached hydrogens (tertiary/aromatic N) is 1. The van der Waals surface area contributed by atoms with Gasteiger partial charge in [-0.3, -0.25) is 0 Å². The van der Waals surface area contributed by atoms with Crippen molar-refractivity contribution >= 4 is 49.1 Å². The molecule has 96 valence electrons. The lowest BCUT2D eigenvalue weighted by Gasteiger charge is -2.15. The Hall–Kier alpha value is -1.02. The summed E-state index contributed by atoms with van der Waals surface area (Å²) in [5.41, 5.74) is 1.62. The summed E-state index contributed by atoms with van der Waals surface area (Å²) in [7, 11) is 0. The first-order valence-electron chi connectivity index (χ1n) is 5.47. The molecule has 0 fully saturated rings. The molecule has 0 saturated heterocycles. The van der Waals surface area contributed by atoms with Crippen LogP contribution < -0.4 is 5.32 Å². The number of nitriles is 1. The van der Waals surface area contributed by atoms with Crippen LogP contribution in [0.3, 0.4) is 0 Å². The molecule has 0 amide bonds.